The van der Waals surface area contributed by atoms with Crippen molar-refractivity contribution in [1.82, 2.24) is 4.90 Å². The van der Waals surface area contributed by atoms with Crippen molar-refractivity contribution in [3.05, 3.63) is 0 Å². The predicted octanol–water partition coefficient (Wildman–Crippen LogP) is 1.37. The molecule has 1 heterocycles. The van der Waals surface area contributed by atoms with Crippen LogP contribution in [0.4, 0.5) is 17.6 Å². The fraction of sp³-hybridized carbons (Fsp3) is 0.857. The van der Waals surface area contributed by atoms with Gasteiger partial charge < -0.3 is 4.90 Å². The van der Waals surface area contributed by atoms with Gasteiger partial charge in [0.2, 0.25) is 0 Å². The van der Waals surface area contributed by atoms with Crippen LogP contribution in [0.25, 0.3) is 0 Å². The molecule has 1 amide bonds. The van der Waals surface area contributed by atoms with Crippen LogP contribution in [0.1, 0.15) is 6.42 Å². The van der Waals surface area contributed by atoms with E-state index in [9.17, 15) is 22.4 Å². The lowest BCUT2D eigenvalue weighted by molar-refractivity contribution is -0.191. The summed E-state index contributed by atoms with van der Waals surface area (Å²) in [5.74, 6) is -1.92. The van der Waals surface area contributed by atoms with Crippen molar-refractivity contribution in [3.63, 3.8) is 0 Å². The van der Waals surface area contributed by atoms with Crippen molar-refractivity contribution < 1.29 is 22.4 Å². The molecule has 0 N–H and O–H groups in total. The van der Waals surface area contributed by atoms with Crippen LogP contribution < -0.4 is 0 Å². The fourth-order valence-corrected chi connectivity index (χ4v) is 1.25. The molecule has 0 aromatic rings. The predicted molar refractivity (Wildman–Crippen MR) is 36.7 cm³/mol. The number of nitrogens with zero attached hydrogens (tertiary/aromatic N) is 1. The van der Waals surface area contributed by atoms with Gasteiger partial charge in [-0.25, -0.2) is 0 Å². The molecule has 0 aromatic heterocycles. The normalized spacial score (nSPS) is 18.6. The standard InChI is InChI=1S/C7H9F4NO/c8-2-1-5-3-12(4-5)6(13)7(9,10)11/h5H,1-4H2. The first-order chi connectivity index (χ1) is 5.95. The Morgan fingerprint density at radius 1 is 1.38 bits per heavy atom. The van der Waals surface area contributed by atoms with Gasteiger partial charge in [-0.1, -0.05) is 0 Å². The first kappa shape index (κ1) is 10.3. The van der Waals surface area contributed by atoms with Gasteiger partial charge in [-0.3, -0.25) is 9.18 Å². The Morgan fingerprint density at radius 3 is 2.31 bits per heavy atom. The molecule has 0 spiro atoms. The summed E-state index contributed by atoms with van der Waals surface area (Å²) in [5, 5.41) is 0. The minimum atomic E-state index is -4.79. The van der Waals surface area contributed by atoms with Crippen LogP contribution in [-0.2, 0) is 4.79 Å². The van der Waals surface area contributed by atoms with Crippen molar-refractivity contribution >= 4 is 5.91 Å². The van der Waals surface area contributed by atoms with Gasteiger partial charge in [0.05, 0.1) is 6.67 Å². The molecule has 0 unspecified atom stereocenters. The van der Waals surface area contributed by atoms with E-state index in [-0.39, 0.29) is 25.4 Å². The van der Waals surface area contributed by atoms with E-state index in [1.165, 1.54) is 0 Å². The quantitative estimate of drug-likeness (QED) is 0.615. The van der Waals surface area contributed by atoms with E-state index in [2.05, 4.69) is 0 Å². The van der Waals surface area contributed by atoms with E-state index in [1.54, 1.807) is 0 Å². The zero-order chi connectivity index (χ0) is 10.1. The summed E-state index contributed by atoms with van der Waals surface area (Å²) in [6, 6.07) is 0. The van der Waals surface area contributed by atoms with Crippen LogP contribution in [0, 0.1) is 5.92 Å². The number of amides is 1. The molecule has 6 heteroatoms. The highest BCUT2D eigenvalue weighted by molar-refractivity contribution is 5.82. The molecule has 1 saturated heterocycles. The van der Waals surface area contributed by atoms with Gasteiger partial charge >= 0.3 is 12.1 Å². The highest BCUT2D eigenvalue weighted by atomic mass is 19.4. The van der Waals surface area contributed by atoms with E-state index in [4.69, 9.17) is 0 Å². The summed E-state index contributed by atoms with van der Waals surface area (Å²) in [5.41, 5.74) is 0. The molecule has 0 radical (unpaired) electrons. The van der Waals surface area contributed by atoms with E-state index < -0.39 is 18.8 Å². The van der Waals surface area contributed by atoms with Crippen molar-refractivity contribution in [1.29, 1.82) is 0 Å². The first-order valence-electron chi connectivity index (χ1n) is 3.87. The third-order valence-corrected chi connectivity index (χ3v) is 2.00. The lowest BCUT2D eigenvalue weighted by Crippen LogP contribution is -2.54. The van der Waals surface area contributed by atoms with Crippen LogP contribution in [0.5, 0.6) is 0 Å². The van der Waals surface area contributed by atoms with Gasteiger partial charge in [-0.15, -0.1) is 0 Å². The van der Waals surface area contributed by atoms with Crippen LogP contribution in [0.2, 0.25) is 0 Å². The SMILES string of the molecule is O=C(N1CC(CCF)C1)C(F)(F)F. The average molecular weight is 199 g/mol. The molecule has 0 atom stereocenters. The minimum Gasteiger partial charge on any atom is -0.334 e. The summed E-state index contributed by atoms with van der Waals surface area (Å²) in [6.07, 6.45) is -4.55. The summed E-state index contributed by atoms with van der Waals surface area (Å²) in [6.45, 7) is -0.483. The smallest absolute Gasteiger partial charge is 0.334 e. The summed E-state index contributed by atoms with van der Waals surface area (Å²) < 4.78 is 47.0. The molecular weight excluding hydrogens is 190 g/mol. The molecule has 1 aliphatic heterocycles. The molecule has 0 saturated carbocycles. The van der Waals surface area contributed by atoms with Crippen molar-refractivity contribution in [2.24, 2.45) is 5.92 Å². The van der Waals surface area contributed by atoms with Crippen molar-refractivity contribution in [2.75, 3.05) is 19.8 Å². The van der Waals surface area contributed by atoms with Crippen LogP contribution in [0.3, 0.4) is 0 Å². The first-order valence-corrected chi connectivity index (χ1v) is 3.87. The summed E-state index contributed by atoms with van der Waals surface area (Å²) in [4.78, 5) is 11.2. The number of hydrogen-bond acceptors (Lipinski definition) is 1. The number of likely N-dealkylation sites (tertiary alicyclic amines) is 1. The topological polar surface area (TPSA) is 20.3 Å². The number of alkyl halides is 4. The molecule has 1 rings (SSSR count). The highest BCUT2D eigenvalue weighted by Crippen LogP contribution is 2.26. The van der Waals surface area contributed by atoms with Crippen molar-refractivity contribution in [3.8, 4) is 0 Å². The Kier molecular flexibility index (Phi) is 2.77. The Hall–Kier alpha value is -0.810. The van der Waals surface area contributed by atoms with Gasteiger partial charge in [0, 0.05) is 13.1 Å². The van der Waals surface area contributed by atoms with Crippen molar-refractivity contribution in [2.45, 2.75) is 12.6 Å². The zero-order valence-electron chi connectivity index (χ0n) is 6.77. The third-order valence-electron chi connectivity index (χ3n) is 2.00. The molecule has 0 aliphatic carbocycles. The maximum absolute atomic E-state index is 11.8. The molecule has 76 valence electrons. The zero-order valence-corrected chi connectivity index (χ0v) is 6.77. The molecule has 2 nitrogen and oxygen atoms in total. The number of carbonyl (C=O) groups is 1. The fourth-order valence-electron chi connectivity index (χ4n) is 1.25. The third kappa shape index (κ3) is 2.32. The Labute approximate surface area is 72.5 Å². The van der Waals surface area contributed by atoms with E-state index >= 15 is 0 Å². The number of rotatable bonds is 2. The maximum Gasteiger partial charge on any atom is 0.471 e. The average Bonchev–Trinajstić information content (AvgIpc) is 1.92. The van der Waals surface area contributed by atoms with Gasteiger partial charge in [-0.05, 0) is 12.3 Å². The van der Waals surface area contributed by atoms with E-state index in [0.717, 1.165) is 0 Å². The Morgan fingerprint density at radius 2 is 1.92 bits per heavy atom. The Bertz CT molecular complexity index is 197. The number of carbonyl (C=O) groups excluding carboxylic acids is 1. The van der Waals surface area contributed by atoms with Gasteiger partial charge in [-0.2, -0.15) is 13.2 Å². The molecule has 13 heavy (non-hydrogen) atoms. The monoisotopic (exact) mass is 199 g/mol. The summed E-state index contributed by atoms with van der Waals surface area (Å²) >= 11 is 0. The lowest BCUT2D eigenvalue weighted by atomic mass is 9.97. The number of hydrogen-bond donors (Lipinski definition) is 0. The van der Waals surface area contributed by atoms with E-state index in [1.807, 2.05) is 0 Å². The second-order valence-electron chi connectivity index (χ2n) is 3.05. The lowest BCUT2D eigenvalue weighted by Gasteiger charge is -2.39. The second kappa shape index (κ2) is 3.51. The largest absolute Gasteiger partial charge is 0.471 e. The van der Waals surface area contributed by atoms with Gasteiger partial charge in [0.1, 0.15) is 0 Å². The van der Waals surface area contributed by atoms with E-state index in [0.29, 0.717) is 4.90 Å². The maximum atomic E-state index is 11.8. The molecule has 1 fully saturated rings. The Balaban J connectivity index is 2.31. The molecule has 0 aromatic carbocycles. The van der Waals surface area contributed by atoms with Gasteiger partial charge in [0.25, 0.3) is 0 Å². The number of halogens is 4. The summed E-state index contributed by atoms with van der Waals surface area (Å²) in [7, 11) is 0. The second-order valence-corrected chi connectivity index (χ2v) is 3.05. The minimum absolute atomic E-state index is 0.0300. The van der Waals surface area contributed by atoms with Crippen LogP contribution >= 0.6 is 0 Å². The van der Waals surface area contributed by atoms with Crippen LogP contribution in [0.15, 0.2) is 0 Å². The molecule has 1 aliphatic rings. The molecule has 0 bridgehead atoms. The van der Waals surface area contributed by atoms with Gasteiger partial charge in [0.15, 0.2) is 0 Å². The van der Waals surface area contributed by atoms with Crippen LogP contribution in [-0.4, -0.2) is 36.7 Å². The highest BCUT2D eigenvalue weighted by Gasteiger charge is 2.46. The molecular formula is C7H9F4NO.